The summed E-state index contributed by atoms with van der Waals surface area (Å²) in [6.07, 6.45) is 4.40. The molecule has 1 aromatic carbocycles. The standard InChI is InChI=1S/C15H21NO/c1-2-4-12-6-8-13(9-7-12)15(17)14-5-3-10-16-11-14/h6-9,14,16H,2-5,10-11H2,1H3. The van der Waals surface area contributed by atoms with Gasteiger partial charge in [0.1, 0.15) is 0 Å². The van der Waals surface area contributed by atoms with E-state index in [0.29, 0.717) is 5.78 Å². The Labute approximate surface area is 103 Å². The van der Waals surface area contributed by atoms with Crippen molar-refractivity contribution in [2.24, 2.45) is 5.92 Å². The predicted octanol–water partition coefficient (Wildman–Crippen LogP) is 2.82. The molecule has 0 amide bonds. The Hall–Kier alpha value is -1.15. The van der Waals surface area contributed by atoms with Crippen LogP contribution in [0.4, 0.5) is 0 Å². The van der Waals surface area contributed by atoms with Crippen LogP contribution in [0.5, 0.6) is 0 Å². The number of carbonyl (C=O) groups is 1. The normalized spacial score (nSPS) is 20.2. The van der Waals surface area contributed by atoms with Gasteiger partial charge in [-0.15, -0.1) is 0 Å². The van der Waals surface area contributed by atoms with E-state index in [0.717, 1.165) is 44.3 Å². The van der Waals surface area contributed by atoms with Gasteiger partial charge in [-0.05, 0) is 31.4 Å². The molecule has 0 bridgehead atoms. The average molecular weight is 231 g/mol. The zero-order chi connectivity index (χ0) is 12.1. The van der Waals surface area contributed by atoms with Crippen molar-refractivity contribution in [2.75, 3.05) is 13.1 Å². The second-order valence-electron chi connectivity index (χ2n) is 4.85. The van der Waals surface area contributed by atoms with E-state index in [1.54, 1.807) is 0 Å². The molecule has 17 heavy (non-hydrogen) atoms. The molecule has 1 N–H and O–H groups in total. The first-order valence-corrected chi connectivity index (χ1v) is 6.65. The van der Waals surface area contributed by atoms with Crippen LogP contribution in [-0.2, 0) is 6.42 Å². The molecule has 1 heterocycles. The highest BCUT2D eigenvalue weighted by Gasteiger charge is 2.21. The fraction of sp³-hybridized carbons (Fsp3) is 0.533. The van der Waals surface area contributed by atoms with Crippen molar-refractivity contribution in [3.63, 3.8) is 0 Å². The van der Waals surface area contributed by atoms with Gasteiger partial charge in [0.15, 0.2) is 5.78 Å². The summed E-state index contributed by atoms with van der Waals surface area (Å²) < 4.78 is 0. The van der Waals surface area contributed by atoms with Crippen molar-refractivity contribution in [1.29, 1.82) is 0 Å². The number of Topliss-reactive ketones (excluding diaryl/α,β-unsaturated/α-hetero) is 1. The lowest BCUT2D eigenvalue weighted by molar-refractivity contribution is 0.0899. The zero-order valence-corrected chi connectivity index (χ0v) is 10.5. The summed E-state index contributed by atoms with van der Waals surface area (Å²) in [5.74, 6) is 0.487. The summed E-state index contributed by atoms with van der Waals surface area (Å²) in [4.78, 5) is 12.2. The van der Waals surface area contributed by atoms with Crippen LogP contribution in [-0.4, -0.2) is 18.9 Å². The van der Waals surface area contributed by atoms with E-state index in [9.17, 15) is 4.79 Å². The lowest BCUT2D eigenvalue weighted by atomic mass is 9.90. The third kappa shape index (κ3) is 3.16. The van der Waals surface area contributed by atoms with Gasteiger partial charge in [-0.25, -0.2) is 0 Å². The monoisotopic (exact) mass is 231 g/mol. The van der Waals surface area contributed by atoms with Gasteiger partial charge in [-0.2, -0.15) is 0 Å². The maximum absolute atomic E-state index is 12.2. The van der Waals surface area contributed by atoms with Crippen LogP contribution < -0.4 is 5.32 Å². The number of aryl methyl sites for hydroxylation is 1. The van der Waals surface area contributed by atoms with Crippen molar-refractivity contribution in [3.8, 4) is 0 Å². The van der Waals surface area contributed by atoms with Crippen molar-refractivity contribution < 1.29 is 4.79 Å². The van der Waals surface area contributed by atoms with E-state index in [2.05, 4.69) is 24.4 Å². The number of rotatable bonds is 4. The molecule has 2 heteroatoms. The smallest absolute Gasteiger partial charge is 0.167 e. The number of hydrogen-bond donors (Lipinski definition) is 1. The van der Waals surface area contributed by atoms with Gasteiger partial charge in [-0.3, -0.25) is 4.79 Å². The minimum absolute atomic E-state index is 0.181. The van der Waals surface area contributed by atoms with E-state index in [1.807, 2.05) is 12.1 Å². The third-order valence-electron chi connectivity index (χ3n) is 3.44. The number of carbonyl (C=O) groups excluding carboxylic acids is 1. The number of benzene rings is 1. The van der Waals surface area contributed by atoms with Crippen molar-refractivity contribution in [2.45, 2.75) is 32.6 Å². The van der Waals surface area contributed by atoms with Crippen LogP contribution in [0.1, 0.15) is 42.1 Å². The lowest BCUT2D eigenvalue weighted by Crippen LogP contribution is -2.34. The molecular formula is C15H21NO. The Balaban J connectivity index is 2.03. The molecule has 2 rings (SSSR count). The summed E-state index contributed by atoms with van der Waals surface area (Å²) in [5, 5.41) is 3.30. The molecule has 0 aliphatic carbocycles. The van der Waals surface area contributed by atoms with Gasteiger partial charge in [0, 0.05) is 18.0 Å². The van der Waals surface area contributed by atoms with Crippen LogP contribution in [0, 0.1) is 5.92 Å². The number of piperidine rings is 1. The van der Waals surface area contributed by atoms with Gasteiger partial charge < -0.3 is 5.32 Å². The first kappa shape index (κ1) is 12.3. The minimum Gasteiger partial charge on any atom is -0.316 e. The first-order valence-electron chi connectivity index (χ1n) is 6.65. The predicted molar refractivity (Wildman–Crippen MR) is 70.4 cm³/mol. The molecule has 1 saturated heterocycles. The number of hydrogen-bond acceptors (Lipinski definition) is 2. The molecular weight excluding hydrogens is 210 g/mol. The Morgan fingerprint density at radius 3 is 2.71 bits per heavy atom. The maximum atomic E-state index is 12.2. The Morgan fingerprint density at radius 1 is 1.35 bits per heavy atom. The van der Waals surface area contributed by atoms with Crippen LogP contribution in [0.3, 0.4) is 0 Å². The molecule has 1 aliphatic heterocycles. The SMILES string of the molecule is CCCc1ccc(C(=O)C2CCCNC2)cc1. The minimum atomic E-state index is 0.181. The Kier molecular flexibility index (Phi) is 4.32. The van der Waals surface area contributed by atoms with Gasteiger partial charge >= 0.3 is 0 Å². The number of nitrogens with one attached hydrogen (secondary N) is 1. The highest BCUT2D eigenvalue weighted by Crippen LogP contribution is 2.17. The van der Waals surface area contributed by atoms with Crippen molar-refractivity contribution in [1.82, 2.24) is 5.32 Å². The largest absolute Gasteiger partial charge is 0.316 e. The van der Waals surface area contributed by atoms with Crippen molar-refractivity contribution in [3.05, 3.63) is 35.4 Å². The van der Waals surface area contributed by atoms with Gasteiger partial charge in [0.05, 0.1) is 0 Å². The molecule has 0 aromatic heterocycles. The summed E-state index contributed by atoms with van der Waals surface area (Å²) in [6, 6.07) is 8.16. The average Bonchev–Trinajstić information content (AvgIpc) is 2.40. The molecule has 1 aliphatic rings. The first-order chi connectivity index (χ1) is 8.31. The molecule has 0 spiro atoms. The molecule has 0 radical (unpaired) electrons. The van der Waals surface area contributed by atoms with Crippen LogP contribution in [0.2, 0.25) is 0 Å². The van der Waals surface area contributed by atoms with E-state index >= 15 is 0 Å². The van der Waals surface area contributed by atoms with Gasteiger partial charge in [0.25, 0.3) is 0 Å². The summed E-state index contributed by atoms with van der Waals surface area (Å²) >= 11 is 0. The lowest BCUT2D eigenvalue weighted by Gasteiger charge is -2.21. The fourth-order valence-electron chi connectivity index (χ4n) is 2.44. The van der Waals surface area contributed by atoms with Crippen LogP contribution >= 0.6 is 0 Å². The van der Waals surface area contributed by atoms with Gasteiger partial charge in [-0.1, -0.05) is 37.6 Å². The zero-order valence-electron chi connectivity index (χ0n) is 10.5. The Bertz CT molecular complexity index is 363. The van der Waals surface area contributed by atoms with E-state index in [-0.39, 0.29) is 5.92 Å². The topological polar surface area (TPSA) is 29.1 Å². The molecule has 1 unspecified atom stereocenters. The summed E-state index contributed by atoms with van der Waals surface area (Å²) in [7, 11) is 0. The molecule has 1 atom stereocenters. The number of ketones is 1. The molecule has 0 saturated carbocycles. The second-order valence-corrected chi connectivity index (χ2v) is 4.85. The third-order valence-corrected chi connectivity index (χ3v) is 3.44. The Morgan fingerprint density at radius 2 is 2.12 bits per heavy atom. The fourth-order valence-corrected chi connectivity index (χ4v) is 2.44. The van der Waals surface area contributed by atoms with Gasteiger partial charge in [0.2, 0.25) is 0 Å². The molecule has 92 valence electrons. The van der Waals surface area contributed by atoms with E-state index < -0.39 is 0 Å². The van der Waals surface area contributed by atoms with Crippen LogP contribution in [0.25, 0.3) is 0 Å². The van der Waals surface area contributed by atoms with E-state index in [1.165, 1.54) is 5.56 Å². The molecule has 1 fully saturated rings. The second kappa shape index (κ2) is 5.97. The summed E-state index contributed by atoms with van der Waals surface area (Å²) in [6.45, 7) is 4.07. The molecule has 2 nitrogen and oxygen atoms in total. The highest BCUT2D eigenvalue weighted by molar-refractivity contribution is 5.98. The molecule has 1 aromatic rings. The summed E-state index contributed by atoms with van der Waals surface area (Å²) in [5.41, 5.74) is 2.20. The quantitative estimate of drug-likeness (QED) is 0.807. The van der Waals surface area contributed by atoms with E-state index in [4.69, 9.17) is 0 Å². The highest BCUT2D eigenvalue weighted by atomic mass is 16.1. The van der Waals surface area contributed by atoms with Crippen molar-refractivity contribution >= 4 is 5.78 Å². The van der Waals surface area contributed by atoms with Crippen LogP contribution in [0.15, 0.2) is 24.3 Å². The maximum Gasteiger partial charge on any atom is 0.167 e.